The van der Waals surface area contributed by atoms with E-state index in [9.17, 15) is 0 Å². The van der Waals surface area contributed by atoms with E-state index in [1.807, 2.05) is 0 Å². The maximum atomic E-state index is 6.39. The van der Waals surface area contributed by atoms with Crippen molar-refractivity contribution in [1.82, 2.24) is 5.32 Å². The first-order valence-corrected chi connectivity index (χ1v) is 7.53. The molecule has 0 saturated heterocycles. The molecular formula is C17H25NO. The highest BCUT2D eigenvalue weighted by atomic mass is 16.5. The monoisotopic (exact) mass is 259 g/mol. The Labute approximate surface area is 116 Å². The van der Waals surface area contributed by atoms with Crippen molar-refractivity contribution in [1.29, 1.82) is 0 Å². The van der Waals surface area contributed by atoms with Gasteiger partial charge in [-0.25, -0.2) is 0 Å². The number of rotatable bonds is 1. The fourth-order valence-corrected chi connectivity index (χ4v) is 3.60. The number of nitrogens with one attached hydrogen (secondary N) is 1. The van der Waals surface area contributed by atoms with E-state index in [4.69, 9.17) is 4.74 Å². The summed E-state index contributed by atoms with van der Waals surface area (Å²) in [5.74, 6) is 1.09. The van der Waals surface area contributed by atoms with Gasteiger partial charge < -0.3 is 10.1 Å². The average molecular weight is 259 g/mol. The molecule has 1 unspecified atom stereocenters. The highest BCUT2D eigenvalue weighted by molar-refractivity contribution is 5.39. The zero-order valence-corrected chi connectivity index (χ0v) is 12.3. The molecule has 1 spiro atoms. The van der Waals surface area contributed by atoms with Gasteiger partial charge in [0.05, 0.1) is 0 Å². The molecule has 2 heteroatoms. The van der Waals surface area contributed by atoms with E-state index in [1.54, 1.807) is 0 Å². The molecule has 1 aliphatic carbocycles. The minimum Gasteiger partial charge on any atom is -0.487 e. The number of para-hydroxylation sites is 1. The van der Waals surface area contributed by atoms with Gasteiger partial charge in [-0.2, -0.15) is 0 Å². The third kappa shape index (κ3) is 2.64. The lowest BCUT2D eigenvalue weighted by atomic mass is 9.85. The van der Waals surface area contributed by atoms with Gasteiger partial charge in [0.25, 0.3) is 0 Å². The van der Waals surface area contributed by atoms with Crippen LogP contribution in [0.15, 0.2) is 24.3 Å². The predicted molar refractivity (Wildman–Crippen MR) is 78.5 cm³/mol. The molecule has 0 aromatic heterocycles. The van der Waals surface area contributed by atoms with Crippen molar-refractivity contribution < 1.29 is 4.74 Å². The summed E-state index contributed by atoms with van der Waals surface area (Å²) in [6.07, 6.45) is 6.16. The van der Waals surface area contributed by atoms with Gasteiger partial charge >= 0.3 is 0 Å². The first kappa shape index (κ1) is 13.0. The van der Waals surface area contributed by atoms with Crippen molar-refractivity contribution in [2.24, 2.45) is 0 Å². The third-order valence-electron chi connectivity index (χ3n) is 4.32. The second-order valence-electron chi connectivity index (χ2n) is 7.18. The van der Waals surface area contributed by atoms with Crippen molar-refractivity contribution >= 4 is 0 Å². The molecule has 0 bridgehead atoms. The molecule has 0 amide bonds. The zero-order valence-electron chi connectivity index (χ0n) is 12.3. The molecule has 1 aromatic carbocycles. The Morgan fingerprint density at radius 3 is 2.53 bits per heavy atom. The highest BCUT2D eigenvalue weighted by Crippen LogP contribution is 2.47. The molecule has 19 heavy (non-hydrogen) atoms. The Hall–Kier alpha value is -1.02. The van der Waals surface area contributed by atoms with E-state index >= 15 is 0 Å². The Kier molecular flexibility index (Phi) is 3.09. The molecule has 1 aliphatic heterocycles. The second kappa shape index (κ2) is 4.52. The van der Waals surface area contributed by atoms with Crippen LogP contribution >= 0.6 is 0 Å². The second-order valence-corrected chi connectivity index (χ2v) is 7.18. The summed E-state index contributed by atoms with van der Waals surface area (Å²) in [7, 11) is 0. The molecule has 1 atom stereocenters. The lowest BCUT2D eigenvalue weighted by Crippen LogP contribution is -2.47. The Morgan fingerprint density at radius 1 is 1.16 bits per heavy atom. The highest BCUT2D eigenvalue weighted by Gasteiger charge is 2.43. The topological polar surface area (TPSA) is 21.3 Å². The van der Waals surface area contributed by atoms with Crippen LogP contribution in [0, 0.1) is 0 Å². The van der Waals surface area contributed by atoms with Gasteiger partial charge in [0.1, 0.15) is 11.4 Å². The standard InChI is InChI=1S/C17H25NO/c1-16(2,3)18-14-12-17(10-6-7-11-17)19-15-9-5-4-8-13(14)15/h4-5,8-9,14,18H,6-7,10-12H2,1-3H3. The van der Waals surface area contributed by atoms with Gasteiger partial charge in [0.15, 0.2) is 0 Å². The van der Waals surface area contributed by atoms with Crippen LogP contribution < -0.4 is 10.1 Å². The molecule has 1 aromatic rings. The Bertz CT molecular complexity index is 455. The van der Waals surface area contributed by atoms with Gasteiger partial charge in [-0.15, -0.1) is 0 Å². The van der Waals surface area contributed by atoms with Crippen LogP contribution in [0.25, 0.3) is 0 Å². The van der Waals surface area contributed by atoms with Crippen molar-refractivity contribution in [3.63, 3.8) is 0 Å². The number of fused-ring (bicyclic) bond motifs is 1. The molecule has 1 fully saturated rings. The first-order valence-electron chi connectivity index (χ1n) is 7.53. The summed E-state index contributed by atoms with van der Waals surface area (Å²) in [6, 6.07) is 8.96. The molecule has 1 N–H and O–H groups in total. The summed E-state index contributed by atoms with van der Waals surface area (Å²) >= 11 is 0. The van der Waals surface area contributed by atoms with Crippen LogP contribution in [-0.2, 0) is 0 Å². The zero-order chi connectivity index (χ0) is 13.5. The van der Waals surface area contributed by atoms with Crippen molar-refractivity contribution in [3.8, 4) is 5.75 Å². The van der Waals surface area contributed by atoms with Crippen molar-refractivity contribution in [2.45, 2.75) is 70.1 Å². The van der Waals surface area contributed by atoms with Gasteiger partial charge in [-0.1, -0.05) is 18.2 Å². The lowest BCUT2D eigenvalue weighted by molar-refractivity contribution is 0.0326. The molecule has 2 aliphatic rings. The van der Waals surface area contributed by atoms with E-state index in [2.05, 4.69) is 50.4 Å². The fraction of sp³-hybridized carbons (Fsp3) is 0.647. The summed E-state index contributed by atoms with van der Waals surface area (Å²) in [5, 5.41) is 3.79. The van der Waals surface area contributed by atoms with Crippen LogP contribution in [0.5, 0.6) is 5.75 Å². The number of hydrogen-bond acceptors (Lipinski definition) is 2. The van der Waals surface area contributed by atoms with Crippen LogP contribution in [-0.4, -0.2) is 11.1 Å². The minimum atomic E-state index is 0.0945. The van der Waals surface area contributed by atoms with E-state index in [-0.39, 0.29) is 11.1 Å². The fourth-order valence-electron chi connectivity index (χ4n) is 3.60. The maximum Gasteiger partial charge on any atom is 0.124 e. The van der Waals surface area contributed by atoms with Crippen LogP contribution in [0.1, 0.15) is 64.5 Å². The molecule has 2 nitrogen and oxygen atoms in total. The van der Waals surface area contributed by atoms with Crippen molar-refractivity contribution in [2.75, 3.05) is 0 Å². The third-order valence-corrected chi connectivity index (χ3v) is 4.32. The molecule has 104 valence electrons. The summed E-state index contributed by atoms with van der Waals surface area (Å²) in [6.45, 7) is 6.73. The summed E-state index contributed by atoms with van der Waals surface area (Å²) < 4.78 is 6.39. The van der Waals surface area contributed by atoms with Gasteiger partial charge in [-0.3, -0.25) is 0 Å². The summed E-state index contributed by atoms with van der Waals surface area (Å²) in [5.41, 5.74) is 1.56. The summed E-state index contributed by atoms with van der Waals surface area (Å²) in [4.78, 5) is 0. The van der Waals surface area contributed by atoms with E-state index in [1.165, 1.54) is 31.2 Å². The van der Waals surface area contributed by atoms with E-state index in [0.717, 1.165) is 12.2 Å². The molecule has 1 saturated carbocycles. The lowest BCUT2D eigenvalue weighted by Gasteiger charge is -2.42. The SMILES string of the molecule is CC(C)(C)NC1CC2(CCCC2)Oc2ccccc21. The molecule has 0 radical (unpaired) electrons. The normalized spacial score (nSPS) is 25.1. The largest absolute Gasteiger partial charge is 0.487 e. The van der Waals surface area contributed by atoms with Gasteiger partial charge in [0, 0.05) is 23.6 Å². The van der Waals surface area contributed by atoms with Crippen LogP contribution in [0.2, 0.25) is 0 Å². The van der Waals surface area contributed by atoms with Gasteiger partial charge in [0.2, 0.25) is 0 Å². The van der Waals surface area contributed by atoms with E-state index < -0.39 is 0 Å². The predicted octanol–water partition coefficient (Wildman–Crippen LogP) is 4.21. The van der Waals surface area contributed by atoms with Crippen LogP contribution in [0.4, 0.5) is 0 Å². The maximum absolute atomic E-state index is 6.39. The smallest absolute Gasteiger partial charge is 0.124 e. The van der Waals surface area contributed by atoms with E-state index in [0.29, 0.717) is 6.04 Å². The quantitative estimate of drug-likeness (QED) is 0.815. The minimum absolute atomic E-state index is 0.0945. The number of ether oxygens (including phenoxy) is 1. The molecule has 3 rings (SSSR count). The Morgan fingerprint density at radius 2 is 1.84 bits per heavy atom. The molecule has 1 heterocycles. The first-order chi connectivity index (χ1) is 8.98. The van der Waals surface area contributed by atoms with Gasteiger partial charge in [-0.05, 0) is 52.5 Å². The number of hydrogen-bond donors (Lipinski definition) is 1. The average Bonchev–Trinajstić information content (AvgIpc) is 2.75. The Balaban J connectivity index is 1.93. The van der Waals surface area contributed by atoms with Crippen molar-refractivity contribution in [3.05, 3.63) is 29.8 Å². The molecular weight excluding hydrogens is 234 g/mol. The van der Waals surface area contributed by atoms with Crippen LogP contribution in [0.3, 0.4) is 0 Å². The number of benzene rings is 1.